The van der Waals surface area contributed by atoms with Crippen LogP contribution in [0.1, 0.15) is 0 Å². The van der Waals surface area contributed by atoms with Crippen LogP contribution in [0.2, 0.25) is 0 Å². The van der Waals surface area contributed by atoms with Crippen molar-refractivity contribution >= 4 is 43.7 Å². The molecule has 0 amide bonds. The summed E-state index contributed by atoms with van der Waals surface area (Å²) in [4.78, 5) is 27.3. The molecule has 3 aromatic heterocycles. The maximum Gasteiger partial charge on any atom is 0.328 e. The van der Waals surface area contributed by atoms with Crippen molar-refractivity contribution in [3.05, 3.63) is 138 Å². The second kappa shape index (κ2) is 10.4. The van der Waals surface area contributed by atoms with Crippen LogP contribution in [0.15, 0.2) is 137 Å². The van der Waals surface area contributed by atoms with Gasteiger partial charge >= 0.3 is 5.69 Å². The molecule has 6 aromatic carbocycles. The van der Waals surface area contributed by atoms with E-state index in [1.807, 2.05) is 72.8 Å². The first-order valence-electron chi connectivity index (χ1n) is 15.4. The molecule has 0 spiro atoms. The third kappa shape index (κ3) is 4.43. The van der Waals surface area contributed by atoms with Gasteiger partial charge in [0.1, 0.15) is 11.2 Å². The van der Waals surface area contributed by atoms with E-state index < -0.39 is 0 Å². The molecule has 0 unspecified atom stereocenters. The predicted octanol–water partition coefficient (Wildman–Crippen LogP) is 8.78. The van der Waals surface area contributed by atoms with Crippen molar-refractivity contribution in [1.29, 1.82) is 0 Å². The second-order valence-electron chi connectivity index (χ2n) is 11.9. The molecule has 0 aliphatic carbocycles. The number of hydrogen-bond donors (Lipinski definition) is 0. The summed E-state index contributed by atoms with van der Waals surface area (Å²) < 4.78 is 9.47. The van der Waals surface area contributed by atoms with Crippen LogP contribution in [0.5, 0.6) is 0 Å². The van der Waals surface area contributed by atoms with Gasteiger partial charge in [-0.1, -0.05) is 91.0 Å². The Balaban J connectivity index is 1.15. The highest BCUT2D eigenvalue weighted by Crippen LogP contribution is 2.34. The van der Waals surface area contributed by atoms with Crippen molar-refractivity contribution < 1.29 is 4.42 Å². The summed E-state index contributed by atoms with van der Waals surface area (Å²) in [7, 11) is 3.60. The number of benzene rings is 6. The number of aryl methyl sites for hydroxylation is 2. The molecule has 7 nitrogen and oxygen atoms in total. The molecule has 0 bridgehead atoms. The zero-order chi connectivity index (χ0) is 31.6. The maximum atomic E-state index is 12.5. The van der Waals surface area contributed by atoms with Crippen LogP contribution in [0.3, 0.4) is 0 Å². The van der Waals surface area contributed by atoms with E-state index in [9.17, 15) is 4.79 Å². The first kappa shape index (κ1) is 27.0. The number of hydrogen-bond acceptors (Lipinski definition) is 5. The molecule has 0 N–H and O–H groups in total. The predicted molar refractivity (Wildman–Crippen MR) is 188 cm³/mol. The first-order chi connectivity index (χ1) is 23.0. The van der Waals surface area contributed by atoms with Gasteiger partial charge in [-0.25, -0.2) is 19.7 Å². The molecule has 7 heteroatoms. The topological polar surface area (TPSA) is 78.7 Å². The van der Waals surface area contributed by atoms with Crippen LogP contribution in [-0.2, 0) is 14.1 Å². The van der Waals surface area contributed by atoms with E-state index in [2.05, 4.69) is 54.6 Å². The van der Waals surface area contributed by atoms with Gasteiger partial charge in [0.2, 0.25) is 0 Å². The highest BCUT2D eigenvalue weighted by molar-refractivity contribution is 6.10. The fourth-order valence-electron chi connectivity index (χ4n) is 6.46. The number of fused-ring (bicyclic) bond motifs is 5. The Kier molecular flexibility index (Phi) is 5.95. The van der Waals surface area contributed by atoms with Gasteiger partial charge in [-0.15, -0.1) is 0 Å². The lowest BCUT2D eigenvalue weighted by molar-refractivity contribution is 0.669. The van der Waals surface area contributed by atoms with Crippen LogP contribution in [0.4, 0.5) is 0 Å². The van der Waals surface area contributed by atoms with Gasteiger partial charge in [0, 0.05) is 41.6 Å². The van der Waals surface area contributed by atoms with Crippen LogP contribution in [0.25, 0.3) is 89.0 Å². The summed E-state index contributed by atoms with van der Waals surface area (Å²) in [5.74, 6) is 1.81. The van der Waals surface area contributed by atoms with Crippen LogP contribution >= 0.6 is 0 Å². The van der Waals surface area contributed by atoms with Crippen molar-refractivity contribution in [2.75, 3.05) is 0 Å². The Labute approximate surface area is 269 Å². The van der Waals surface area contributed by atoms with Gasteiger partial charge in [0.15, 0.2) is 17.5 Å². The Morgan fingerprint density at radius 3 is 1.87 bits per heavy atom. The minimum Gasteiger partial charge on any atom is -0.456 e. The van der Waals surface area contributed by atoms with Gasteiger partial charge in [-0.3, -0.25) is 9.13 Å². The lowest BCUT2D eigenvalue weighted by Gasteiger charge is -2.10. The molecular weight excluding hydrogens is 582 g/mol. The van der Waals surface area contributed by atoms with E-state index in [0.717, 1.165) is 71.6 Å². The molecule has 47 heavy (non-hydrogen) atoms. The number of nitrogens with zero attached hydrogens (tertiary/aromatic N) is 5. The fourth-order valence-corrected chi connectivity index (χ4v) is 6.46. The molecule has 224 valence electrons. The molecule has 0 fully saturated rings. The molecule has 9 rings (SSSR count). The summed E-state index contributed by atoms with van der Waals surface area (Å²) in [6, 6.07) is 43.0. The molecule has 0 radical (unpaired) electrons. The van der Waals surface area contributed by atoms with Gasteiger partial charge < -0.3 is 4.42 Å². The van der Waals surface area contributed by atoms with Crippen molar-refractivity contribution in [1.82, 2.24) is 24.1 Å². The number of para-hydroxylation sites is 1. The number of furan rings is 1. The molecule has 3 heterocycles. The fraction of sp³-hybridized carbons (Fsp3) is 0.0500. The number of aromatic nitrogens is 5. The molecule has 0 aliphatic rings. The average molecular weight is 610 g/mol. The van der Waals surface area contributed by atoms with Crippen LogP contribution in [0, 0.1) is 0 Å². The average Bonchev–Trinajstić information content (AvgIpc) is 3.59. The zero-order valence-electron chi connectivity index (χ0n) is 25.7. The highest BCUT2D eigenvalue weighted by Gasteiger charge is 2.15. The quantitative estimate of drug-likeness (QED) is 0.199. The van der Waals surface area contributed by atoms with E-state index in [1.165, 1.54) is 0 Å². The number of rotatable bonds is 4. The molecule has 0 atom stereocenters. The van der Waals surface area contributed by atoms with E-state index in [-0.39, 0.29) is 5.69 Å². The van der Waals surface area contributed by atoms with Gasteiger partial charge in [0.25, 0.3) is 0 Å². The first-order valence-corrected chi connectivity index (χ1v) is 15.4. The summed E-state index contributed by atoms with van der Waals surface area (Å²) in [6.07, 6.45) is 0. The molecular formula is C40H27N5O2. The van der Waals surface area contributed by atoms with Gasteiger partial charge in [-0.2, -0.15) is 0 Å². The Morgan fingerprint density at radius 2 is 1.09 bits per heavy atom. The van der Waals surface area contributed by atoms with Crippen molar-refractivity contribution in [2.45, 2.75) is 0 Å². The standard InChI is InChI=1S/C40H27N5O2/c1-44-33-19-18-27(22-34(33)45(2)40(44)46)24-12-14-26(15-13-24)38-41-37(25-8-4-3-5-9-25)42-39(43-38)29-17-16-28-23-36-32(21-30(28)20-29)31-10-6-7-11-35(31)47-36/h3-23H,1-2H3. The molecule has 0 aliphatic heterocycles. The summed E-state index contributed by atoms with van der Waals surface area (Å²) in [5.41, 5.74) is 8.29. The lowest BCUT2D eigenvalue weighted by atomic mass is 10.0. The Bertz CT molecular complexity index is 2720. The van der Waals surface area contributed by atoms with Gasteiger partial charge in [-0.05, 0) is 58.3 Å². The van der Waals surface area contributed by atoms with Crippen LogP contribution in [-0.4, -0.2) is 24.1 Å². The van der Waals surface area contributed by atoms with E-state index >= 15 is 0 Å². The van der Waals surface area contributed by atoms with E-state index in [0.29, 0.717) is 17.5 Å². The summed E-state index contributed by atoms with van der Waals surface area (Å²) in [5, 5.41) is 4.35. The molecule has 0 saturated heterocycles. The van der Waals surface area contributed by atoms with Crippen molar-refractivity contribution in [3.8, 4) is 45.3 Å². The Hall–Kier alpha value is -6.34. The van der Waals surface area contributed by atoms with E-state index in [4.69, 9.17) is 19.4 Å². The normalized spacial score (nSPS) is 11.7. The lowest BCUT2D eigenvalue weighted by Crippen LogP contribution is -2.19. The number of imidazole rings is 1. The highest BCUT2D eigenvalue weighted by atomic mass is 16.3. The smallest absolute Gasteiger partial charge is 0.328 e. The summed E-state index contributed by atoms with van der Waals surface area (Å²) in [6.45, 7) is 0. The largest absolute Gasteiger partial charge is 0.456 e. The maximum absolute atomic E-state index is 12.5. The van der Waals surface area contributed by atoms with Gasteiger partial charge in [0.05, 0.1) is 11.0 Å². The third-order valence-corrected chi connectivity index (χ3v) is 9.01. The SMILES string of the molecule is Cn1c(=O)n(C)c2cc(-c3ccc(-c4nc(-c5ccccc5)nc(-c5ccc6cc7oc8ccccc8c7cc6c5)n4)cc3)ccc21. The molecule has 9 aromatic rings. The Morgan fingerprint density at radius 1 is 0.468 bits per heavy atom. The minimum atomic E-state index is -0.0398. The minimum absolute atomic E-state index is 0.0398. The third-order valence-electron chi connectivity index (χ3n) is 9.01. The monoisotopic (exact) mass is 609 g/mol. The van der Waals surface area contributed by atoms with Crippen LogP contribution < -0.4 is 5.69 Å². The van der Waals surface area contributed by atoms with Crippen molar-refractivity contribution in [2.24, 2.45) is 14.1 Å². The molecule has 0 saturated carbocycles. The summed E-state index contributed by atoms with van der Waals surface area (Å²) >= 11 is 0. The second-order valence-corrected chi connectivity index (χ2v) is 11.9. The van der Waals surface area contributed by atoms with E-state index in [1.54, 1.807) is 23.2 Å². The van der Waals surface area contributed by atoms with Crippen molar-refractivity contribution in [3.63, 3.8) is 0 Å². The zero-order valence-corrected chi connectivity index (χ0v) is 25.7.